The highest BCUT2D eigenvalue weighted by Gasteiger charge is 2.51. The highest BCUT2D eigenvalue weighted by molar-refractivity contribution is 6.44. The molecule has 164 valence electrons. The Hall–Kier alpha value is -3.70. The van der Waals surface area contributed by atoms with Crippen molar-refractivity contribution in [1.29, 1.82) is 0 Å². The van der Waals surface area contributed by atoms with E-state index in [1.54, 1.807) is 54.6 Å². The van der Waals surface area contributed by atoms with E-state index in [4.69, 9.17) is 11.6 Å². The van der Waals surface area contributed by atoms with Crippen molar-refractivity contribution in [3.05, 3.63) is 107 Å². The van der Waals surface area contributed by atoms with Crippen LogP contribution in [-0.2, 0) is 16.0 Å². The summed E-state index contributed by atoms with van der Waals surface area (Å²) in [6.07, 6.45) is 2.46. The van der Waals surface area contributed by atoms with Gasteiger partial charge in [-0.05, 0) is 29.7 Å². The van der Waals surface area contributed by atoms with Gasteiger partial charge in [0.15, 0.2) is 5.78 Å². The van der Waals surface area contributed by atoms with Crippen molar-refractivity contribution in [1.82, 2.24) is 9.88 Å². The van der Waals surface area contributed by atoms with Crippen LogP contribution in [0.5, 0.6) is 0 Å². The van der Waals surface area contributed by atoms with Gasteiger partial charge in [-0.15, -0.1) is 0 Å². The maximum Gasteiger partial charge on any atom is 0.291 e. The Morgan fingerprint density at radius 3 is 2.39 bits per heavy atom. The smallest absolute Gasteiger partial charge is 0.291 e. The number of carbonyl (C=O) groups is 3. The summed E-state index contributed by atoms with van der Waals surface area (Å²) in [7, 11) is 0. The molecular formula is C27H21ClN2O3. The zero-order valence-electron chi connectivity index (χ0n) is 17.7. The fourth-order valence-corrected chi connectivity index (χ4v) is 4.90. The van der Waals surface area contributed by atoms with Crippen LogP contribution >= 0.6 is 11.6 Å². The van der Waals surface area contributed by atoms with Crippen molar-refractivity contribution in [3.63, 3.8) is 0 Å². The molecule has 1 fully saturated rings. The molecule has 1 N–H and O–H groups in total. The summed E-state index contributed by atoms with van der Waals surface area (Å²) in [4.78, 5) is 44.4. The lowest BCUT2D eigenvalue weighted by molar-refractivity contribution is -0.140. The molecule has 5 nitrogen and oxygen atoms in total. The van der Waals surface area contributed by atoms with Crippen LogP contribution in [0.1, 0.15) is 27.5 Å². The van der Waals surface area contributed by atoms with Crippen molar-refractivity contribution in [2.75, 3.05) is 6.54 Å². The summed E-state index contributed by atoms with van der Waals surface area (Å²) < 4.78 is 0. The Morgan fingerprint density at radius 2 is 1.61 bits per heavy atom. The van der Waals surface area contributed by atoms with E-state index in [9.17, 15) is 14.4 Å². The number of fused-ring (bicyclic) bond motifs is 1. The summed E-state index contributed by atoms with van der Waals surface area (Å²) >= 11 is 6.49. The summed E-state index contributed by atoms with van der Waals surface area (Å²) in [5.74, 6) is -2.84. The molecule has 2 heterocycles. The first-order valence-corrected chi connectivity index (χ1v) is 11.2. The number of aromatic nitrogens is 1. The van der Waals surface area contributed by atoms with E-state index in [1.807, 2.05) is 30.5 Å². The Labute approximate surface area is 196 Å². The molecule has 0 spiro atoms. The SMILES string of the molecule is O=C1C(=O)N(CCc2c[nH]c3ccccc23)C(c2ccccc2Cl)C1C(=O)c1ccccc1. The molecule has 3 aromatic carbocycles. The lowest BCUT2D eigenvalue weighted by Crippen LogP contribution is -2.32. The topological polar surface area (TPSA) is 70.2 Å². The van der Waals surface area contributed by atoms with Crippen molar-refractivity contribution in [3.8, 4) is 0 Å². The number of likely N-dealkylation sites (tertiary alicyclic amines) is 1. The van der Waals surface area contributed by atoms with Crippen LogP contribution in [-0.4, -0.2) is 33.9 Å². The van der Waals surface area contributed by atoms with Gasteiger partial charge >= 0.3 is 0 Å². The zero-order chi connectivity index (χ0) is 22.9. The summed E-state index contributed by atoms with van der Waals surface area (Å²) in [6, 6.07) is 22.9. The molecule has 2 unspecified atom stereocenters. The molecule has 0 saturated carbocycles. The van der Waals surface area contributed by atoms with Gasteiger partial charge in [0.2, 0.25) is 5.78 Å². The normalized spacial score (nSPS) is 18.3. The largest absolute Gasteiger partial charge is 0.361 e. The van der Waals surface area contributed by atoms with Crippen LogP contribution in [0.3, 0.4) is 0 Å². The Bertz CT molecular complexity index is 1360. The van der Waals surface area contributed by atoms with Gasteiger partial charge in [-0.2, -0.15) is 0 Å². The molecule has 1 aliphatic heterocycles. The molecule has 33 heavy (non-hydrogen) atoms. The van der Waals surface area contributed by atoms with E-state index in [2.05, 4.69) is 4.98 Å². The van der Waals surface area contributed by atoms with E-state index in [0.717, 1.165) is 16.5 Å². The van der Waals surface area contributed by atoms with E-state index >= 15 is 0 Å². The number of amides is 1. The monoisotopic (exact) mass is 456 g/mol. The maximum atomic E-state index is 13.4. The number of nitrogens with zero attached hydrogens (tertiary/aromatic N) is 1. The van der Waals surface area contributed by atoms with Gasteiger partial charge in [0, 0.05) is 34.2 Å². The first kappa shape index (κ1) is 21.2. The minimum atomic E-state index is -1.14. The third-order valence-electron chi connectivity index (χ3n) is 6.27. The summed E-state index contributed by atoms with van der Waals surface area (Å²) in [6.45, 7) is 0.293. The van der Waals surface area contributed by atoms with Crippen molar-refractivity contribution in [2.45, 2.75) is 12.5 Å². The molecule has 1 aromatic heterocycles. The van der Waals surface area contributed by atoms with Gasteiger partial charge in [-0.25, -0.2) is 0 Å². The second-order valence-electron chi connectivity index (χ2n) is 8.15. The van der Waals surface area contributed by atoms with Crippen LogP contribution in [0, 0.1) is 5.92 Å². The zero-order valence-corrected chi connectivity index (χ0v) is 18.5. The predicted octanol–water partition coefficient (Wildman–Crippen LogP) is 5.02. The fraction of sp³-hybridized carbons (Fsp3) is 0.148. The van der Waals surface area contributed by atoms with Crippen molar-refractivity contribution >= 4 is 40.0 Å². The third kappa shape index (κ3) is 3.74. The van der Waals surface area contributed by atoms with Crippen LogP contribution in [0.2, 0.25) is 5.02 Å². The number of hydrogen-bond donors (Lipinski definition) is 1. The molecule has 4 aromatic rings. The maximum absolute atomic E-state index is 13.4. The van der Waals surface area contributed by atoms with Gasteiger partial charge in [-0.3, -0.25) is 14.4 Å². The van der Waals surface area contributed by atoms with Gasteiger partial charge in [-0.1, -0.05) is 78.3 Å². The van der Waals surface area contributed by atoms with E-state index in [-0.39, 0.29) is 5.78 Å². The number of hydrogen-bond acceptors (Lipinski definition) is 3. The lowest BCUT2D eigenvalue weighted by Gasteiger charge is -2.28. The van der Waals surface area contributed by atoms with Gasteiger partial charge in [0.1, 0.15) is 5.92 Å². The highest BCUT2D eigenvalue weighted by atomic mass is 35.5. The number of aromatic amines is 1. The van der Waals surface area contributed by atoms with Gasteiger partial charge in [0.25, 0.3) is 5.91 Å². The Morgan fingerprint density at radius 1 is 0.909 bits per heavy atom. The molecule has 1 saturated heterocycles. The quantitative estimate of drug-likeness (QED) is 0.252. The van der Waals surface area contributed by atoms with Crippen LogP contribution in [0.25, 0.3) is 10.9 Å². The van der Waals surface area contributed by atoms with Gasteiger partial charge in [0.05, 0.1) is 6.04 Å². The third-order valence-corrected chi connectivity index (χ3v) is 6.61. The summed E-state index contributed by atoms with van der Waals surface area (Å²) in [5.41, 5.74) is 3.06. The number of halogens is 1. The highest BCUT2D eigenvalue weighted by Crippen LogP contribution is 2.41. The van der Waals surface area contributed by atoms with E-state index in [1.165, 1.54) is 4.90 Å². The van der Waals surface area contributed by atoms with Crippen LogP contribution < -0.4 is 0 Å². The Balaban J connectivity index is 1.53. The second kappa shape index (κ2) is 8.68. The molecule has 5 rings (SSSR count). The molecular weight excluding hydrogens is 436 g/mol. The number of nitrogens with one attached hydrogen (secondary N) is 1. The fourth-order valence-electron chi connectivity index (χ4n) is 4.65. The number of ketones is 2. The number of H-pyrrole nitrogens is 1. The van der Waals surface area contributed by atoms with Gasteiger partial charge < -0.3 is 9.88 Å². The summed E-state index contributed by atoms with van der Waals surface area (Å²) in [5, 5.41) is 1.50. The molecule has 1 aliphatic rings. The minimum Gasteiger partial charge on any atom is -0.361 e. The molecule has 0 bridgehead atoms. The molecule has 0 radical (unpaired) electrons. The number of Topliss-reactive ketones (excluding diaryl/α,β-unsaturated/α-hetero) is 2. The number of benzene rings is 3. The number of para-hydroxylation sites is 1. The van der Waals surface area contributed by atoms with E-state index < -0.39 is 23.7 Å². The molecule has 1 amide bonds. The number of carbonyl (C=O) groups excluding carboxylic acids is 3. The first-order chi connectivity index (χ1) is 16.1. The second-order valence-corrected chi connectivity index (χ2v) is 8.55. The van der Waals surface area contributed by atoms with Crippen molar-refractivity contribution in [2.24, 2.45) is 5.92 Å². The minimum absolute atomic E-state index is 0.293. The molecule has 2 atom stereocenters. The molecule has 6 heteroatoms. The van der Waals surface area contributed by atoms with Crippen molar-refractivity contribution < 1.29 is 14.4 Å². The van der Waals surface area contributed by atoms with Crippen LogP contribution in [0.15, 0.2) is 85.1 Å². The molecule has 0 aliphatic carbocycles. The van der Waals surface area contributed by atoms with Crippen LogP contribution in [0.4, 0.5) is 0 Å². The number of rotatable bonds is 6. The van der Waals surface area contributed by atoms with E-state index in [0.29, 0.717) is 29.1 Å². The standard InChI is InChI=1S/C27H21ClN2O3/c28-21-12-6-4-11-20(21)24-23(25(31)17-8-2-1-3-9-17)26(32)27(33)30(24)15-14-18-16-29-22-13-7-5-10-19(18)22/h1-13,16,23-24,29H,14-15H2. The first-order valence-electron chi connectivity index (χ1n) is 10.8. The average molecular weight is 457 g/mol. The predicted molar refractivity (Wildman–Crippen MR) is 127 cm³/mol. The lowest BCUT2D eigenvalue weighted by atomic mass is 9.86. The average Bonchev–Trinajstić information content (AvgIpc) is 3.37. The Kier molecular flexibility index (Phi) is 5.56.